The molecule has 0 unspecified atom stereocenters. The molecule has 156 valence electrons. The molecule has 6 rings (SSSR count). The molecule has 2 aromatic rings. The van der Waals surface area contributed by atoms with E-state index in [1.807, 2.05) is 24.3 Å². The number of aliphatic hydroxyl groups is 1. The van der Waals surface area contributed by atoms with Gasteiger partial charge in [0.2, 0.25) is 6.41 Å². The smallest absolute Gasteiger partial charge is 0.210 e. The average Bonchev–Trinajstić information content (AvgIpc) is 3.11. The largest absolute Gasteiger partial charge is 0.504 e. The number of nitrogens with one attached hydrogen (secondary N) is 1. The Morgan fingerprint density at radius 2 is 2.03 bits per heavy atom. The molecule has 5 atom stereocenters. The van der Waals surface area contributed by atoms with Crippen molar-refractivity contribution < 1.29 is 19.7 Å². The van der Waals surface area contributed by atoms with Crippen molar-refractivity contribution in [2.75, 3.05) is 6.54 Å². The Balaban J connectivity index is 1.44. The van der Waals surface area contributed by atoms with Crippen LogP contribution in [0.1, 0.15) is 36.0 Å². The fourth-order valence-electron chi connectivity index (χ4n) is 6.76. The molecule has 3 N–H and O–H groups in total. The van der Waals surface area contributed by atoms with E-state index in [2.05, 4.69) is 17.4 Å². The van der Waals surface area contributed by atoms with E-state index in [0.29, 0.717) is 31.6 Å². The van der Waals surface area contributed by atoms with Crippen LogP contribution in [-0.4, -0.2) is 51.9 Å². The summed E-state index contributed by atoms with van der Waals surface area (Å²) in [7, 11) is 0. The Bertz CT molecular complexity index is 1010. The topological polar surface area (TPSA) is 82.0 Å². The summed E-state index contributed by atoms with van der Waals surface area (Å²) in [6, 6.07) is 13.7. The number of aromatic hydroxyl groups is 1. The number of phenols is 1. The Kier molecular flexibility index (Phi) is 3.78. The molecule has 2 aromatic carbocycles. The lowest BCUT2D eigenvalue weighted by Crippen LogP contribution is -2.77. The van der Waals surface area contributed by atoms with Gasteiger partial charge >= 0.3 is 0 Å². The molecule has 1 saturated carbocycles. The lowest BCUT2D eigenvalue weighted by atomic mass is 9.48. The molecule has 6 heteroatoms. The van der Waals surface area contributed by atoms with Crippen LogP contribution >= 0.6 is 0 Å². The molecule has 2 aliphatic heterocycles. The van der Waals surface area contributed by atoms with Gasteiger partial charge in [-0.05, 0) is 42.9 Å². The van der Waals surface area contributed by atoms with E-state index in [9.17, 15) is 15.0 Å². The summed E-state index contributed by atoms with van der Waals surface area (Å²) in [4.78, 5) is 13.6. The normalized spacial score (nSPS) is 35.5. The lowest BCUT2D eigenvalue weighted by molar-refractivity contribution is -0.190. The molecule has 30 heavy (non-hydrogen) atoms. The first-order valence-corrected chi connectivity index (χ1v) is 10.8. The van der Waals surface area contributed by atoms with Gasteiger partial charge in [0, 0.05) is 24.7 Å². The Hall–Kier alpha value is -2.57. The van der Waals surface area contributed by atoms with Gasteiger partial charge in [0.15, 0.2) is 11.5 Å². The van der Waals surface area contributed by atoms with E-state index in [1.54, 1.807) is 11.0 Å². The quantitative estimate of drug-likeness (QED) is 0.676. The summed E-state index contributed by atoms with van der Waals surface area (Å²) in [6.45, 7) is 1.31. The molecule has 2 fully saturated rings. The summed E-state index contributed by atoms with van der Waals surface area (Å²) >= 11 is 0. The predicted octanol–water partition coefficient (Wildman–Crippen LogP) is 1.86. The maximum atomic E-state index is 12.1. The molecule has 6 nitrogen and oxygen atoms in total. The number of benzene rings is 2. The molecule has 0 aromatic heterocycles. The summed E-state index contributed by atoms with van der Waals surface area (Å²) in [5.41, 5.74) is 1.60. The van der Waals surface area contributed by atoms with E-state index >= 15 is 0 Å². The predicted molar refractivity (Wildman–Crippen MR) is 110 cm³/mol. The maximum absolute atomic E-state index is 12.1. The molecule has 0 radical (unpaired) electrons. The second-order valence-electron chi connectivity index (χ2n) is 9.21. The third kappa shape index (κ3) is 2.13. The van der Waals surface area contributed by atoms with Crippen molar-refractivity contribution in [2.45, 2.75) is 61.4 Å². The molecule has 1 saturated heterocycles. The molecule has 2 bridgehead atoms. The standard InChI is InChI=1S/C24H26N2O4/c27-14-26-11-10-23-20-16-6-7-18(28)21(20)30-22(23)17(8-9-24(23,29)19(26)12-16)25-13-15-4-2-1-3-5-15/h1-7,14,17,19,22,25,28-29H,8-13H2/t17-,19+,22-,23-,24+/m1/s1. The fraction of sp³-hybridized carbons (Fsp3) is 0.458. The zero-order valence-corrected chi connectivity index (χ0v) is 16.8. The van der Waals surface area contributed by atoms with Gasteiger partial charge in [-0.15, -0.1) is 0 Å². The van der Waals surface area contributed by atoms with E-state index in [0.717, 1.165) is 30.5 Å². The van der Waals surface area contributed by atoms with Gasteiger partial charge in [0.25, 0.3) is 0 Å². The number of phenolic OH excluding ortho intramolecular Hbond substituents is 1. The monoisotopic (exact) mass is 406 g/mol. The van der Waals surface area contributed by atoms with Crippen LogP contribution < -0.4 is 10.1 Å². The minimum Gasteiger partial charge on any atom is -0.504 e. The van der Waals surface area contributed by atoms with Crippen LogP contribution in [0.25, 0.3) is 0 Å². The Morgan fingerprint density at radius 3 is 2.83 bits per heavy atom. The van der Waals surface area contributed by atoms with Gasteiger partial charge < -0.3 is 25.2 Å². The van der Waals surface area contributed by atoms with Crippen LogP contribution in [0.3, 0.4) is 0 Å². The minimum atomic E-state index is -1.05. The van der Waals surface area contributed by atoms with Crippen molar-refractivity contribution in [3.63, 3.8) is 0 Å². The first-order chi connectivity index (χ1) is 14.6. The number of piperidine rings is 1. The van der Waals surface area contributed by atoms with Crippen molar-refractivity contribution in [1.29, 1.82) is 0 Å². The van der Waals surface area contributed by atoms with Crippen LogP contribution in [0.2, 0.25) is 0 Å². The highest BCUT2D eigenvalue weighted by molar-refractivity contribution is 5.64. The van der Waals surface area contributed by atoms with Crippen molar-refractivity contribution in [3.05, 3.63) is 59.2 Å². The molecule has 2 heterocycles. The third-order valence-electron chi connectivity index (χ3n) is 8.05. The van der Waals surface area contributed by atoms with Crippen LogP contribution in [0.4, 0.5) is 0 Å². The molecule has 4 aliphatic rings. The number of nitrogens with zero attached hydrogens (tertiary/aromatic N) is 1. The van der Waals surface area contributed by atoms with Gasteiger partial charge in [-0.2, -0.15) is 0 Å². The number of likely N-dealkylation sites (tertiary alicyclic amines) is 1. The lowest BCUT2D eigenvalue weighted by Gasteiger charge is -2.63. The number of carbonyl (C=O) groups excluding carboxylic acids is 1. The molecule has 2 aliphatic carbocycles. The number of ether oxygens (including phenoxy) is 1. The molecule has 1 spiro atoms. The van der Waals surface area contributed by atoms with Gasteiger partial charge in [-0.1, -0.05) is 36.4 Å². The Morgan fingerprint density at radius 1 is 1.20 bits per heavy atom. The number of hydrogen-bond donors (Lipinski definition) is 3. The zero-order valence-electron chi connectivity index (χ0n) is 16.8. The van der Waals surface area contributed by atoms with Crippen molar-refractivity contribution in [3.8, 4) is 11.5 Å². The second kappa shape index (κ2) is 6.22. The van der Waals surface area contributed by atoms with Gasteiger partial charge in [0.1, 0.15) is 6.10 Å². The summed E-state index contributed by atoms with van der Waals surface area (Å²) in [5.74, 6) is 0.667. The molecule has 1 amide bonds. The van der Waals surface area contributed by atoms with Crippen LogP contribution in [0.5, 0.6) is 11.5 Å². The molecular formula is C24H26N2O4. The van der Waals surface area contributed by atoms with E-state index in [4.69, 9.17) is 4.74 Å². The zero-order chi connectivity index (χ0) is 20.5. The minimum absolute atomic E-state index is 0.0478. The molecular weight excluding hydrogens is 380 g/mol. The highest BCUT2D eigenvalue weighted by atomic mass is 16.5. The summed E-state index contributed by atoms with van der Waals surface area (Å²) in [6.07, 6.45) is 3.19. The third-order valence-corrected chi connectivity index (χ3v) is 8.05. The van der Waals surface area contributed by atoms with E-state index in [1.165, 1.54) is 5.56 Å². The number of amides is 1. The highest BCUT2D eigenvalue weighted by Crippen LogP contribution is 2.65. The average molecular weight is 406 g/mol. The van der Waals surface area contributed by atoms with E-state index in [-0.39, 0.29) is 23.9 Å². The van der Waals surface area contributed by atoms with Gasteiger partial charge in [-0.25, -0.2) is 0 Å². The van der Waals surface area contributed by atoms with Crippen LogP contribution in [-0.2, 0) is 23.2 Å². The maximum Gasteiger partial charge on any atom is 0.210 e. The van der Waals surface area contributed by atoms with Gasteiger partial charge in [-0.3, -0.25) is 4.79 Å². The highest BCUT2D eigenvalue weighted by Gasteiger charge is 2.72. The van der Waals surface area contributed by atoms with Crippen molar-refractivity contribution in [2.24, 2.45) is 0 Å². The summed E-state index contributed by atoms with van der Waals surface area (Å²) < 4.78 is 6.47. The van der Waals surface area contributed by atoms with Crippen LogP contribution in [0.15, 0.2) is 42.5 Å². The number of hydrogen-bond acceptors (Lipinski definition) is 5. The second-order valence-corrected chi connectivity index (χ2v) is 9.21. The first-order valence-electron chi connectivity index (χ1n) is 10.8. The fourth-order valence-corrected chi connectivity index (χ4v) is 6.76. The first kappa shape index (κ1) is 18.2. The van der Waals surface area contributed by atoms with Crippen molar-refractivity contribution >= 4 is 6.41 Å². The van der Waals surface area contributed by atoms with Gasteiger partial charge in [0.05, 0.1) is 17.1 Å². The number of rotatable bonds is 4. The van der Waals surface area contributed by atoms with E-state index < -0.39 is 11.0 Å². The Labute approximate surface area is 175 Å². The number of carbonyl (C=O) groups is 1. The van der Waals surface area contributed by atoms with Crippen molar-refractivity contribution in [1.82, 2.24) is 10.2 Å². The SMILES string of the molecule is O=CN1CC[C@@]23c4c5ccc(O)c4O[C@@H]2[C@H](NCc2ccccc2)CC[C@]3(O)[C@@H]1C5. The van der Waals surface area contributed by atoms with Crippen LogP contribution in [0, 0.1) is 0 Å². The summed E-state index contributed by atoms with van der Waals surface area (Å²) in [5, 5.41) is 26.4.